The Balaban J connectivity index is 2.24. The molecule has 3 N–H and O–H groups in total. The van der Waals surface area contributed by atoms with Gasteiger partial charge in [-0.25, -0.2) is 0 Å². The Bertz CT molecular complexity index is 514. The average molecular weight is 262 g/mol. The van der Waals surface area contributed by atoms with E-state index in [2.05, 4.69) is 10.3 Å². The molecule has 2 aromatic rings. The summed E-state index contributed by atoms with van der Waals surface area (Å²) < 4.78 is 0. The maximum absolute atomic E-state index is 6.10. The first-order chi connectivity index (χ1) is 8.72. The normalized spacial score (nSPS) is 12.2. The van der Waals surface area contributed by atoms with E-state index in [4.69, 9.17) is 17.3 Å². The monoisotopic (exact) mass is 261 g/mol. The van der Waals surface area contributed by atoms with Crippen molar-refractivity contribution >= 4 is 17.3 Å². The molecule has 0 saturated heterocycles. The lowest BCUT2D eigenvalue weighted by atomic mass is 10.1. The van der Waals surface area contributed by atoms with Gasteiger partial charge in [-0.2, -0.15) is 0 Å². The topological polar surface area (TPSA) is 50.9 Å². The van der Waals surface area contributed by atoms with Crippen LogP contribution < -0.4 is 11.1 Å². The Morgan fingerprint density at radius 1 is 1.28 bits per heavy atom. The number of anilines is 1. The summed E-state index contributed by atoms with van der Waals surface area (Å²) >= 11 is 6.10. The number of aromatic nitrogens is 1. The van der Waals surface area contributed by atoms with Crippen molar-refractivity contribution in [2.45, 2.75) is 13.0 Å². The largest absolute Gasteiger partial charge is 0.375 e. The van der Waals surface area contributed by atoms with Gasteiger partial charge in [0.1, 0.15) is 0 Å². The summed E-state index contributed by atoms with van der Waals surface area (Å²) in [6.07, 6.45) is 1.77. The third-order valence-electron chi connectivity index (χ3n) is 2.88. The molecule has 0 radical (unpaired) electrons. The van der Waals surface area contributed by atoms with E-state index in [0.717, 1.165) is 22.0 Å². The van der Waals surface area contributed by atoms with E-state index in [1.54, 1.807) is 6.20 Å². The van der Waals surface area contributed by atoms with Crippen molar-refractivity contribution in [2.24, 2.45) is 5.73 Å². The number of hydrogen-bond acceptors (Lipinski definition) is 3. The minimum Gasteiger partial charge on any atom is -0.375 e. The zero-order valence-corrected chi connectivity index (χ0v) is 11.0. The summed E-state index contributed by atoms with van der Waals surface area (Å²) in [7, 11) is 0. The highest BCUT2D eigenvalue weighted by molar-refractivity contribution is 6.31. The first kappa shape index (κ1) is 12.9. The van der Waals surface area contributed by atoms with Gasteiger partial charge in [0.2, 0.25) is 0 Å². The summed E-state index contributed by atoms with van der Waals surface area (Å²) in [5, 5.41) is 4.13. The third-order valence-corrected chi connectivity index (χ3v) is 3.29. The van der Waals surface area contributed by atoms with E-state index in [0.29, 0.717) is 6.54 Å². The molecule has 0 saturated carbocycles. The van der Waals surface area contributed by atoms with Gasteiger partial charge in [0.05, 0.1) is 11.7 Å². The Labute approximate surface area is 112 Å². The van der Waals surface area contributed by atoms with Gasteiger partial charge in [0.15, 0.2) is 0 Å². The van der Waals surface area contributed by atoms with Crippen LogP contribution >= 0.6 is 11.6 Å². The van der Waals surface area contributed by atoms with E-state index in [1.807, 2.05) is 43.3 Å². The van der Waals surface area contributed by atoms with E-state index in [9.17, 15) is 0 Å². The van der Waals surface area contributed by atoms with Crippen LogP contribution in [-0.4, -0.2) is 11.5 Å². The predicted molar refractivity (Wildman–Crippen MR) is 75.8 cm³/mol. The number of hydrogen-bond donors (Lipinski definition) is 2. The van der Waals surface area contributed by atoms with E-state index in [-0.39, 0.29) is 6.04 Å². The lowest BCUT2D eigenvalue weighted by molar-refractivity contribution is 0.759. The van der Waals surface area contributed by atoms with Crippen molar-refractivity contribution in [2.75, 3.05) is 11.9 Å². The van der Waals surface area contributed by atoms with Crippen LogP contribution in [-0.2, 0) is 0 Å². The van der Waals surface area contributed by atoms with Crippen molar-refractivity contribution in [3.05, 3.63) is 58.9 Å². The molecule has 1 aromatic carbocycles. The quantitative estimate of drug-likeness (QED) is 0.889. The highest BCUT2D eigenvalue weighted by Crippen LogP contribution is 2.26. The maximum atomic E-state index is 6.10. The van der Waals surface area contributed by atoms with Crippen LogP contribution in [0, 0.1) is 6.92 Å². The van der Waals surface area contributed by atoms with Crippen molar-refractivity contribution in [3.8, 4) is 0 Å². The van der Waals surface area contributed by atoms with Crippen LogP contribution in [0.15, 0.2) is 42.6 Å². The van der Waals surface area contributed by atoms with Crippen LogP contribution in [0.4, 0.5) is 5.69 Å². The van der Waals surface area contributed by atoms with Crippen molar-refractivity contribution < 1.29 is 0 Å². The second-order valence-corrected chi connectivity index (χ2v) is 4.51. The first-order valence-corrected chi connectivity index (χ1v) is 6.23. The first-order valence-electron chi connectivity index (χ1n) is 5.85. The molecular weight excluding hydrogens is 246 g/mol. The number of benzene rings is 1. The number of nitrogens with one attached hydrogen (secondary N) is 1. The van der Waals surface area contributed by atoms with Crippen molar-refractivity contribution in [1.29, 1.82) is 0 Å². The van der Waals surface area contributed by atoms with Gasteiger partial charge in [0, 0.05) is 23.5 Å². The Morgan fingerprint density at radius 2 is 2.11 bits per heavy atom. The Kier molecular flexibility index (Phi) is 4.18. The second-order valence-electron chi connectivity index (χ2n) is 4.10. The number of pyridine rings is 1. The van der Waals surface area contributed by atoms with Gasteiger partial charge in [-0.15, -0.1) is 0 Å². The highest BCUT2D eigenvalue weighted by Gasteiger charge is 2.12. The van der Waals surface area contributed by atoms with Gasteiger partial charge in [-0.3, -0.25) is 4.98 Å². The molecule has 0 aliphatic carbocycles. The molecular formula is C14H16ClN3. The third kappa shape index (κ3) is 2.81. The molecule has 18 heavy (non-hydrogen) atoms. The fraction of sp³-hybridized carbons (Fsp3) is 0.214. The van der Waals surface area contributed by atoms with Gasteiger partial charge in [-0.05, 0) is 36.8 Å². The van der Waals surface area contributed by atoms with Gasteiger partial charge < -0.3 is 11.1 Å². The standard InChI is InChI=1S/C14H16ClN3/c1-10-11(15)5-4-7-12(10)18-14(9-16)13-6-2-3-8-17-13/h2-8,14,18H,9,16H2,1H3. The van der Waals surface area contributed by atoms with Crippen molar-refractivity contribution in [1.82, 2.24) is 4.98 Å². The minimum absolute atomic E-state index is 0.0108. The molecule has 94 valence electrons. The molecule has 0 spiro atoms. The summed E-state index contributed by atoms with van der Waals surface area (Å²) in [5.74, 6) is 0. The molecule has 1 aromatic heterocycles. The van der Waals surface area contributed by atoms with Gasteiger partial charge in [0.25, 0.3) is 0 Å². The number of rotatable bonds is 4. The van der Waals surface area contributed by atoms with Crippen LogP contribution in [0.5, 0.6) is 0 Å². The molecule has 0 aliphatic heterocycles. The smallest absolute Gasteiger partial charge is 0.0807 e. The summed E-state index contributed by atoms with van der Waals surface area (Å²) in [5.41, 5.74) is 8.75. The van der Waals surface area contributed by atoms with Crippen LogP contribution in [0.1, 0.15) is 17.3 Å². The Hall–Kier alpha value is -1.58. The second kappa shape index (κ2) is 5.85. The molecule has 0 fully saturated rings. The fourth-order valence-corrected chi connectivity index (χ4v) is 1.96. The minimum atomic E-state index is -0.0108. The van der Waals surface area contributed by atoms with Crippen LogP contribution in [0.3, 0.4) is 0 Å². The molecule has 2 rings (SSSR count). The van der Waals surface area contributed by atoms with Gasteiger partial charge in [-0.1, -0.05) is 23.7 Å². The summed E-state index contributed by atoms with van der Waals surface area (Å²) in [6.45, 7) is 2.46. The number of nitrogens with zero attached hydrogens (tertiary/aromatic N) is 1. The molecule has 0 amide bonds. The van der Waals surface area contributed by atoms with Crippen molar-refractivity contribution in [3.63, 3.8) is 0 Å². The molecule has 1 heterocycles. The lowest BCUT2D eigenvalue weighted by Crippen LogP contribution is -2.21. The SMILES string of the molecule is Cc1c(Cl)cccc1NC(CN)c1ccccn1. The number of nitrogens with two attached hydrogens (primary N) is 1. The fourth-order valence-electron chi connectivity index (χ4n) is 1.79. The molecule has 3 nitrogen and oxygen atoms in total. The lowest BCUT2D eigenvalue weighted by Gasteiger charge is -2.19. The molecule has 1 atom stereocenters. The summed E-state index contributed by atoms with van der Waals surface area (Å²) in [6, 6.07) is 11.6. The highest BCUT2D eigenvalue weighted by atomic mass is 35.5. The number of halogens is 1. The maximum Gasteiger partial charge on any atom is 0.0807 e. The van der Waals surface area contributed by atoms with Gasteiger partial charge >= 0.3 is 0 Å². The summed E-state index contributed by atoms with van der Waals surface area (Å²) in [4.78, 5) is 4.32. The zero-order valence-electron chi connectivity index (χ0n) is 10.2. The molecule has 0 aliphatic rings. The average Bonchev–Trinajstić information content (AvgIpc) is 2.41. The molecule has 1 unspecified atom stereocenters. The van der Waals surface area contributed by atoms with E-state index < -0.39 is 0 Å². The van der Waals surface area contributed by atoms with E-state index in [1.165, 1.54) is 0 Å². The Morgan fingerprint density at radius 3 is 2.78 bits per heavy atom. The van der Waals surface area contributed by atoms with Crippen LogP contribution in [0.25, 0.3) is 0 Å². The predicted octanol–water partition coefficient (Wildman–Crippen LogP) is 3.16. The van der Waals surface area contributed by atoms with Crippen LogP contribution in [0.2, 0.25) is 5.02 Å². The molecule has 4 heteroatoms. The van der Waals surface area contributed by atoms with E-state index >= 15 is 0 Å². The zero-order chi connectivity index (χ0) is 13.0. The molecule has 0 bridgehead atoms.